The van der Waals surface area contributed by atoms with E-state index in [2.05, 4.69) is 11.1 Å². The van der Waals surface area contributed by atoms with Crippen molar-refractivity contribution in [2.24, 2.45) is 12.2 Å². The fourth-order valence-electron chi connectivity index (χ4n) is 1.21. The normalized spacial score (nSPS) is 11.1. The van der Waals surface area contributed by atoms with E-state index in [1.54, 1.807) is 4.57 Å². The van der Waals surface area contributed by atoms with Crippen molar-refractivity contribution in [1.29, 1.82) is 0 Å². The molecule has 1 aromatic heterocycles. The zero-order valence-corrected chi connectivity index (χ0v) is 9.80. The molecule has 1 rings (SSSR count). The van der Waals surface area contributed by atoms with E-state index in [-0.39, 0.29) is 6.54 Å². The largest absolute Gasteiger partial charge is 0.323 e. The Morgan fingerprint density at radius 2 is 2.38 bits per heavy atom. The number of imidazole rings is 1. The fourth-order valence-corrected chi connectivity index (χ4v) is 1.21. The second-order valence-electron chi connectivity index (χ2n) is 4.01. The van der Waals surface area contributed by atoms with Crippen LogP contribution >= 0.6 is 0 Å². The van der Waals surface area contributed by atoms with Gasteiger partial charge >= 0.3 is 0 Å². The fraction of sp³-hybridized carbons (Fsp3) is 0.545. The molecule has 0 aliphatic carbocycles. The quantitative estimate of drug-likeness (QED) is 0.423. The number of ether oxygens (including phenoxy) is 1. The van der Waals surface area contributed by atoms with Crippen LogP contribution in [0.4, 0.5) is 0 Å². The molecular weight excluding hydrogens is 206 g/mol. The summed E-state index contributed by atoms with van der Waals surface area (Å²) in [6, 6.07) is 0. The molecule has 0 unspecified atom stereocenters. The van der Waals surface area contributed by atoms with Crippen LogP contribution in [0.15, 0.2) is 17.6 Å². The zero-order chi connectivity index (χ0) is 12.2. The molecule has 5 heteroatoms. The standard InChI is InChI=1S/C11H16N3O2/c1-5-11(2,3)16-9-14-7-6-13(4)10(14)8-12-15/h1,6-7H,8-9H2,2-4H3/q+1. The predicted molar refractivity (Wildman–Crippen MR) is 59.1 cm³/mol. The van der Waals surface area contributed by atoms with Gasteiger partial charge in [0.1, 0.15) is 18.0 Å². The van der Waals surface area contributed by atoms with Crippen LogP contribution in [0.5, 0.6) is 0 Å². The summed E-state index contributed by atoms with van der Waals surface area (Å²) < 4.78 is 9.17. The first-order valence-corrected chi connectivity index (χ1v) is 4.94. The molecule has 0 saturated carbocycles. The van der Waals surface area contributed by atoms with E-state index in [0.29, 0.717) is 6.73 Å². The number of nitrogens with zero attached hydrogens (tertiary/aromatic N) is 3. The summed E-state index contributed by atoms with van der Waals surface area (Å²) in [6.45, 7) is 4.05. The second-order valence-corrected chi connectivity index (χ2v) is 4.01. The highest BCUT2D eigenvalue weighted by molar-refractivity contribution is 5.02. The molecule has 0 N–H and O–H groups in total. The van der Waals surface area contributed by atoms with Crippen molar-refractivity contribution >= 4 is 0 Å². The molecule has 1 heterocycles. The van der Waals surface area contributed by atoms with Crippen LogP contribution in [0.2, 0.25) is 0 Å². The Kier molecular flexibility index (Phi) is 3.80. The number of nitroso groups, excluding NO2 is 1. The molecule has 0 spiro atoms. The van der Waals surface area contributed by atoms with E-state index in [4.69, 9.17) is 11.2 Å². The number of aromatic nitrogens is 2. The molecule has 0 aliphatic rings. The molecule has 0 radical (unpaired) electrons. The molecule has 0 atom stereocenters. The lowest BCUT2D eigenvalue weighted by Crippen LogP contribution is -2.33. The smallest absolute Gasteiger partial charge is 0.283 e. The zero-order valence-electron chi connectivity index (χ0n) is 9.80. The van der Waals surface area contributed by atoms with Crippen molar-refractivity contribution in [1.82, 2.24) is 4.57 Å². The summed E-state index contributed by atoms with van der Waals surface area (Å²) >= 11 is 0. The first-order valence-electron chi connectivity index (χ1n) is 4.94. The lowest BCUT2D eigenvalue weighted by atomic mass is 10.2. The Balaban J connectivity index is 2.75. The van der Waals surface area contributed by atoms with Gasteiger partial charge in [-0.25, -0.2) is 9.13 Å². The maximum absolute atomic E-state index is 10.3. The highest BCUT2D eigenvalue weighted by Crippen LogP contribution is 2.09. The molecule has 0 aromatic carbocycles. The highest BCUT2D eigenvalue weighted by atomic mass is 16.5. The Morgan fingerprint density at radius 1 is 1.69 bits per heavy atom. The number of hydrogen-bond donors (Lipinski definition) is 0. The monoisotopic (exact) mass is 222 g/mol. The summed E-state index contributed by atoms with van der Waals surface area (Å²) in [5.41, 5.74) is -0.616. The molecule has 0 bridgehead atoms. The predicted octanol–water partition coefficient (Wildman–Crippen LogP) is 0.965. The number of aryl methyl sites for hydroxylation is 1. The first kappa shape index (κ1) is 12.4. The van der Waals surface area contributed by atoms with E-state index in [9.17, 15) is 4.91 Å². The molecule has 86 valence electrons. The minimum atomic E-state index is -0.616. The van der Waals surface area contributed by atoms with Gasteiger partial charge in [0.2, 0.25) is 0 Å². The summed E-state index contributed by atoms with van der Waals surface area (Å²) in [7, 11) is 1.85. The van der Waals surface area contributed by atoms with Gasteiger partial charge in [0.15, 0.2) is 13.3 Å². The van der Waals surface area contributed by atoms with E-state index >= 15 is 0 Å². The summed E-state index contributed by atoms with van der Waals surface area (Å²) in [6.07, 6.45) is 8.98. The SMILES string of the molecule is C#CC(C)(C)OCn1cc[n+](C)c1CN=O. The van der Waals surface area contributed by atoms with Gasteiger partial charge in [-0.05, 0) is 13.8 Å². The van der Waals surface area contributed by atoms with Crippen molar-refractivity contribution < 1.29 is 9.30 Å². The molecule has 0 fully saturated rings. The van der Waals surface area contributed by atoms with Crippen molar-refractivity contribution in [3.8, 4) is 12.3 Å². The molecule has 0 amide bonds. The summed E-state index contributed by atoms with van der Waals surface area (Å²) in [5, 5.41) is 2.88. The van der Waals surface area contributed by atoms with E-state index < -0.39 is 5.60 Å². The average molecular weight is 222 g/mol. The third-order valence-corrected chi connectivity index (χ3v) is 2.33. The van der Waals surface area contributed by atoms with Crippen LogP contribution in [0, 0.1) is 17.3 Å². The van der Waals surface area contributed by atoms with Crippen LogP contribution in [0.25, 0.3) is 0 Å². The minimum absolute atomic E-state index is 0.114. The Hall–Kier alpha value is -1.67. The first-order chi connectivity index (χ1) is 7.50. The molecule has 16 heavy (non-hydrogen) atoms. The van der Waals surface area contributed by atoms with Crippen LogP contribution in [-0.4, -0.2) is 10.2 Å². The Labute approximate surface area is 95.0 Å². The molecule has 5 nitrogen and oxygen atoms in total. The van der Waals surface area contributed by atoms with E-state index in [1.807, 2.05) is 37.9 Å². The van der Waals surface area contributed by atoms with E-state index in [0.717, 1.165) is 5.82 Å². The maximum Gasteiger partial charge on any atom is 0.283 e. The third-order valence-electron chi connectivity index (χ3n) is 2.33. The molecule has 0 aliphatic heterocycles. The highest BCUT2D eigenvalue weighted by Gasteiger charge is 2.19. The van der Waals surface area contributed by atoms with Crippen LogP contribution in [0.3, 0.4) is 0 Å². The van der Waals surface area contributed by atoms with Gasteiger partial charge in [0, 0.05) is 0 Å². The number of hydrogen-bond acceptors (Lipinski definition) is 3. The van der Waals surface area contributed by atoms with Gasteiger partial charge in [0.25, 0.3) is 5.82 Å². The van der Waals surface area contributed by atoms with Gasteiger partial charge in [-0.2, -0.15) is 4.91 Å². The van der Waals surface area contributed by atoms with Crippen LogP contribution < -0.4 is 4.57 Å². The molecule has 1 aromatic rings. The molecule has 0 saturated heterocycles. The van der Waals surface area contributed by atoms with Gasteiger partial charge in [-0.15, -0.1) is 6.42 Å². The third kappa shape index (κ3) is 2.91. The van der Waals surface area contributed by atoms with Gasteiger partial charge in [0.05, 0.1) is 7.05 Å². The lowest BCUT2D eigenvalue weighted by molar-refractivity contribution is -0.679. The average Bonchev–Trinajstić information content (AvgIpc) is 2.59. The maximum atomic E-state index is 10.3. The van der Waals surface area contributed by atoms with E-state index in [1.165, 1.54) is 0 Å². The second kappa shape index (κ2) is 4.90. The Morgan fingerprint density at radius 3 is 2.94 bits per heavy atom. The Bertz CT molecular complexity index is 415. The summed E-state index contributed by atoms with van der Waals surface area (Å²) in [4.78, 5) is 10.3. The van der Waals surface area contributed by atoms with Crippen molar-refractivity contribution in [2.75, 3.05) is 0 Å². The minimum Gasteiger partial charge on any atom is -0.323 e. The van der Waals surface area contributed by atoms with Gasteiger partial charge in [-0.3, -0.25) is 0 Å². The van der Waals surface area contributed by atoms with Crippen LogP contribution in [-0.2, 0) is 25.1 Å². The van der Waals surface area contributed by atoms with Crippen molar-refractivity contribution in [3.63, 3.8) is 0 Å². The van der Waals surface area contributed by atoms with Crippen LogP contribution in [0.1, 0.15) is 19.7 Å². The summed E-state index contributed by atoms with van der Waals surface area (Å²) in [5.74, 6) is 3.32. The molecular formula is C11H16N3O2+. The number of rotatable bonds is 5. The topological polar surface area (TPSA) is 47.5 Å². The van der Waals surface area contributed by atoms with Gasteiger partial charge in [-0.1, -0.05) is 11.1 Å². The van der Waals surface area contributed by atoms with Crippen molar-refractivity contribution in [3.05, 3.63) is 23.1 Å². The van der Waals surface area contributed by atoms with Gasteiger partial charge < -0.3 is 4.74 Å². The lowest BCUT2D eigenvalue weighted by Gasteiger charge is -2.16. The van der Waals surface area contributed by atoms with Crippen molar-refractivity contribution in [2.45, 2.75) is 32.7 Å². The number of terminal acetylenes is 1.